The van der Waals surface area contributed by atoms with Crippen molar-refractivity contribution in [3.8, 4) is 0 Å². The Hall–Kier alpha value is -1.40. The smallest absolute Gasteiger partial charge is 0.229 e. The Labute approximate surface area is 183 Å². The minimum absolute atomic E-state index is 0.201. The Balaban J connectivity index is 2.04. The first-order valence-corrected chi connectivity index (χ1v) is 10.9. The second-order valence-electron chi connectivity index (χ2n) is 6.63. The number of nitrogens with one attached hydrogen (secondary N) is 1. The maximum Gasteiger partial charge on any atom is 0.229 e. The van der Waals surface area contributed by atoms with E-state index >= 15 is 0 Å². The molecule has 0 aliphatic carbocycles. The van der Waals surface area contributed by atoms with E-state index in [-0.39, 0.29) is 11.8 Å². The van der Waals surface area contributed by atoms with Crippen LogP contribution in [0.15, 0.2) is 59.8 Å². The van der Waals surface area contributed by atoms with Crippen LogP contribution >= 0.6 is 46.6 Å². The molecule has 28 heavy (non-hydrogen) atoms. The summed E-state index contributed by atoms with van der Waals surface area (Å²) in [5, 5.41) is 3.54. The zero-order valence-corrected chi connectivity index (χ0v) is 18.5. The Morgan fingerprint density at radius 2 is 1.75 bits per heavy atom. The summed E-state index contributed by atoms with van der Waals surface area (Å²) < 4.78 is 0.0479. The second kappa shape index (κ2) is 8.95. The highest BCUT2D eigenvalue weighted by Crippen LogP contribution is 2.41. The number of fused-ring (bicyclic) bond motifs is 1. The van der Waals surface area contributed by atoms with E-state index in [1.54, 1.807) is 18.4 Å². The topological polar surface area (TPSA) is 46.9 Å². The summed E-state index contributed by atoms with van der Waals surface area (Å²) in [7, 11) is 0. The molecule has 1 N–H and O–H groups in total. The van der Waals surface area contributed by atoms with Crippen LogP contribution in [0.2, 0.25) is 0 Å². The van der Waals surface area contributed by atoms with Crippen molar-refractivity contribution in [3.05, 3.63) is 60.2 Å². The standard InChI is InChI=1S/C20H20Cl3N3OS/c1-13(2)17(27)25-18(20(21,22)23)26-16-11-7-6-10-15(16)24-19(26)28-12-14-8-4-3-5-9-14/h3-11,13,18H,12H2,1-2H3,(H,25,27)/t18-/m1/s1. The molecule has 148 valence electrons. The van der Waals surface area contributed by atoms with Crippen LogP contribution in [-0.4, -0.2) is 19.3 Å². The van der Waals surface area contributed by atoms with E-state index in [0.717, 1.165) is 16.6 Å². The van der Waals surface area contributed by atoms with Crippen LogP contribution < -0.4 is 5.32 Å². The third-order valence-electron chi connectivity index (χ3n) is 4.15. The van der Waals surface area contributed by atoms with Gasteiger partial charge in [-0.25, -0.2) is 4.98 Å². The summed E-state index contributed by atoms with van der Waals surface area (Å²) in [6.45, 7) is 3.59. The van der Waals surface area contributed by atoms with Crippen LogP contribution in [0.4, 0.5) is 0 Å². The van der Waals surface area contributed by atoms with E-state index in [4.69, 9.17) is 39.8 Å². The summed E-state index contributed by atoms with van der Waals surface area (Å²) in [4.78, 5) is 17.1. The highest BCUT2D eigenvalue weighted by molar-refractivity contribution is 7.98. The molecule has 0 fully saturated rings. The first kappa shape index (κ1) is 21.3. The summed E-state index contributed by atoms with van der Waals surface area (Å²) in [6, 6.07) is 17.7. The lowest BCUT2D eigenvalue weighted by atomic mass is 10.2. The minimum Gasteiger partial charge on any atom is -0.332 e. The molecular formula is C20H20Cl3N3OS. The number of benzene rings is 2. The highest BCUT2D eigenvalue weighted by atomic mass is 35.6. The third-order valence-corrected chi connectivity index (χ3v) is 5.79. The van der Waals surface area contributed by atoms with E-state index in [1.165, 1.54) is 11.8 Å². The molecule has 2 aromatic carbocycles. The molecule has 1 amide bonds. The van der Waals surface area contributed by atoms with Gasteiger partial charge in [0.1, 0.15) is 0 Å². The molecule has 0 radical (unpaired) electrons. The van der Waals surface area contributed by atoms with E-state index in [2.05, 4.69) is 5.32 Å². The summed E-state index contributed by atoms with van der Waals surface area (Å²) in [5.74, 6) is 0.257. The fourth-order valence-electron chi connectivity index (χ4n) is 2.69. The lowest BCUT2D eigenvalue weighted by Gasteiger charge is -2.29. The average Bonchev–Trinajstić information content (AvgIpc) is 3.02. The lowest BCUT2D eigenvalue weighted by Crippen LogP contribution is -2.42. The van der Waals surface area contributed by atoms with Gasteiger partial charge < -0.3 is 5.32 Å². The summed E-state index contributed by atoms with van der Waals surface area (Å²) >= 11 is 20.4. The fraction of sp³-hybridized carbons (Fsp3) is 0.300. The number of para-hydroxylation sites is 2. The Morgan fingerprint density at radius 1 is 1.11 bits per heavy atom. The van der Waals surface area contributed by atoms with Crippen molar-refractivity contribution in [3.63, 3.8) is 0 Å². The number of carbonyl (C=O) groups is 1. The van der Waals surface area contributed by atoms with Gasteiger partial charge in [-0.15, -0.1) is 0 Å². The summed E-state index contributed by atoms with van der Waals surface area (Å²) in [5.41, 5.74) is 2.72. The van der Waals surface area contributed by atoms with Crippen LogP contribution in [-0.2, 0) is 10.5 Å². The van der Waals surface area contributed by atoms with Crippen molar-refractivity contribution in [2.45, 2.75) is 34.7 Å². The fourth-order valence-corrected chi connectivity index (χ4v) is 4.14. The average molecular weight is 457 g/mol. The molecule has 0 aliphatic rings. The van der Waals surface area contributed by atoms with Crippen LogP contribution in [0.25, 0.3) is 11.0 Å². The van der Waals surface area contributed by atoms with Crippen molar-refractivity contribution in [1.29, 1.82) is 0 Å². The second-order valence-corrected chi connectivity index (χ2v) is 9.95. The van der Waals surface area contributed by atoms with E-state index in [0.29, 0.717) is 10.9 Å². The monoisotopic (exact) mass is 455 g/mol. The predicted molar refractivity (Wildman–Crippen MR) is 118 cm³/mol. The SMILES string of the molecule is CC(C)C(=O)N[C@H](n1c(SCc2ccccc2)nc2ccccc21)C(Cl)(Cl)Cl. The van der Waals surface area contributed by atoms with Gasteiger partial charge in [-0.2, -0.15) is 0 Å². The van der Waals surface area contributed by atoms with Crippen molar-refractivity contribution in [1.82, 2.24) is 14.9 Å². The molecule has 3 aromatic rings. The van der Waals surface area contributed by atoms with Crippen LogP contribution in [0.3, 0.4) is 0 Å². The molecule has 0 saturated heterocycles. The van der Waals surface area contributed by atoms with Crippen LogP contribution in [0, 0.1) is 5.92 Å². The lowest BCUT2D eigenvalue weighted by molar-refractivity contribution is -0.125. The zero-order chi connectivity index (χ0) is 20.3. The number of rotatable bonds is 6. The molecule has 0 saturated carbocycles. The molecule has 0 spiro atoms. The first-order valence-electron chi connectivity index (χ1n) is 8.78. The van der Waals surface area contributed by atoms with Gasteiger partial charge in [0.25, 0.3) is 0 Å². The number of hydrogen-bond donors (Lipinski definition) is 1. The van der Waals surface area contributed by atoms with Gasteiger partial charge in [0.2, 0.25) is 9.70 Å². The molecule has 4 nitrogen and oxygen atoms in total. The number of amides is 1. The van der Waals surface area contributed by atoms with Crippen molar-refractivity contribution in [2.75, 3.05) is 0 Å². The number of hydrogen-bond acceptors (Lipinski definition) is 3. The largest absolute Gasteiger partial charge is 0.332 e. The summed E-state index contributed by atoms with van der Waals surface area (Å²) in [6.07, 6.45) is -0.891. The Morgan fingerprint density at radius 3 is 2.39 bits per heavy atom. The number of nitrogens with zero attached hydrogens (tertiary/aromatic N) is 2. The number of halogens is 3. The predicted octanol–water partition coefficient (Wildman–Crippen LogP) is 5.97. The van der Waals surface area contributed by atoms with E-state index in [1.807, 2.05) is 54.6 Å². The molecule has 1 atom stereocenters. The van der Waals surface area contributed by atoms with Crippen molar-refractivity contribution < 1.29 is 4.79 Å². The number of alkyl halides is 3. The molecule has 3 rings (SSSR count). The molecule has 1 aromatic heterocycles. The Kier molecular flexibility index (Phi) is 6.81. The van der Waals surface area contributed by atoms with Gasteiger partial charge in [0.15, 0.2) is 11.3 Å². The molecule has 0 unspecified atom stereocenters. The number of imidazole rings is 1. The maximum absolute atomic E-state index is 12.4. The first-order chi connectivity index (χ1) is 13.3. The van der Waals surface area contributed by atoms with Gasteiger partial charge in [-0.3, -0.25) is 9.36 Å². The molecule has 1 heterocycles. The van der Waals surface area contributed by atoms with E-state index < -0.39 is 9.96 Å². The quantitative estimate of drug-likeness (QED) is 0.367. The van der Waals surface area contributed by atoms with Crippen LogP contribution in [0.5, 0.6) is 0 Å². The number of carbonyl (C=O) groups excluding carboxylic acids is 1. The van der Waals surface area contributed by atoms with Crippen molar-refractivity contribution >= 4 is 63.5 Å². The van der Waals surface area contributed by atoms with Crippen molar-refractivity contribution in [2.24, 2.45) is 5.92 Å². The van der Waals surface area contributed by atoms with Crippen LogP contribution in [0.1, 0.15) is 25.6 Å². The third kappa shape index (κ3) is 4.95. The number of thioether (sulfide) groups is 1. The molecule has 0 aliphatic heterocycles. The Bertz CT molecular complexity index is 954. The van der Waals surface area contributed by atoms with Gasteiger partial charge in [-0.05, 0) is 17.7 Å². The van der Waals surface area contributed by atoms with Gasteiger partial charge in [-0.1, -0.05) is 103 Å². The zero-order valence-electron chi connectivity index (χ0n) is 15.4. The maximum atomic E-state index is 12.4. The minimum atomic E-state index is -1.75. The van der Waals surface area contributed by atoms with Gasteiger partial charge in [0.05, 0.1) is 11.0 Å². The van der Waals surface area contributed by atoms with Gasteiger partial charge >= 0.3 is 0 Å². The molecule has 0 bridgehead atoms. The number of aromatic nitrogens is 2. The van der Waals surface area contributed by atoms with Gasteiger partial charge in [0, 0.05) is 11.7 Å². The molecular weight excluding hydrogens is 437 g/mol. The highest BCUT2D eigenvalue weighted by Gasteiger charge is 2.38. The van der Waals surface area contributed by atoms with E-state index in [9.17, 15) is 4.79 Å². The molecule has 8 heteroatoms. The normalized spacial score (nSPS) is 13.1.